The van der Waals surface area contributed by atoms with Crippen LogP contribution in [0, 0.1) is 0 Å². The standard InChI is InChI=1S/C26H22ClN3O5/c1-35-19-12-10-18(11-13-19)28-23(31)15-29(14-17-6-2-4-8-21(17)27)24(32)16-30-22-9-5-3-7-20(22)25(33)26(30)34/h2-13H,14-16H2,1H3,(H,28,31). The lowest BCUT2D eigenvalue weighted by atomic mass is 10.1. The number of anilines is 2. The van der Waals surface area contributed by atoms with E-state index in [2.05, 4.69) is 5.32 Å². The van der Waals surface area contributed by atoms with Crippen LogP contribution in [0.2, 0.25) is 5.02 Å². The fourth-order valence-corrected chi connectivity index (χ4v) is 3.95. The van der Waals surface area contributed by atoms with Crippen LogP contribution in [-0.4, -0.2) is 48.6 Å². The highest BCUT2D eigenvalue weighted by atomic mass is 35.5. The number of methoxy groups -OCH3 is 1. The third-order valence-corrected chi connectivity index (χ3v) is 5.92. The quantitative estimate of drug-likeness (QED) is 0.486. The average Bonchev–Trinajstić information content (AvgIpc) is 3.10. The van der Waals surface area contributed by atoms with Gasteiger partial charge in [-0.3, -0.25) is 24.1 Å². The van der Waals surface area contributed by atoms with E-state index in [1.165, 1.54) is 4.90 Å². The highest BCUT2D eigenvalue weighted by Crippen LogP contribution is 2.28. The van der Waals surface area contributed by atoms with Gasteiger partial charge in [-0.1, -0.05) is 41.9 Å². The summed E-state index contributed by atoms with van der Waals surface area (Å²) in [7, 11) is 1.54. The molecular weight excluding hydrogens is 470 g/mol. The number of halogens is 1. The maximum absolute atomic E-state index is 13.3. The van der Waals surface area contributed by atoms with Crippen molar-refractivity contribution < 1.29 is 23.9 Å². The molecule has 0 radical (unpaired) electrons. The molecule has 1 aliphatic heterocycles. The topological polar surface area (TPSA) is 96.0 Å². The van der Waals surface area contributed by atoms with Gasteiger partial charge in [-0.25, -0.2) is 0 Å². The lowest BCUT2D eigenvalue weighted by Gasteiger charge is -2.25. The van der Waals surface area contributed by atoms with E-state index in [-0.39, 0.29) is 25.2 Å². The van der Waals surface area contributed by atoms with Gasteiger partial charge in [-0.2, -0.15) is 0 Å². The van der Waals surface area contributed by atoms with Crippen LogP contribution in [0.4, 0.5) is 11.4 Å². The number of Topliss-reactive ketones (excluding diaryl/α,β-unsaturated/α-hetero) is 1. The predicted molar refractivity (Wildman–Crippen MR) is 132 cm³/mol. The Bertz CT molecular complexity index is 1290. The summed E-state index contributed by atoms with van der Waals surface area (Å²) < 4.78 is 5.12. The van der Waals surface area contributed by atoms with Gasteiger partial charge in [-0.05, 0) is 48.0 Å². The van der Waals surface area contributed by atoms with Crippen LogP contribution in [0.25, 0.3) is 0 Å². The van der Waals surface area contributed by atoms with Crippen molar-refractivity contribution >= 4 is 46.5 Å². The number of ether oxygens (including phenoxy) is 1. The van der Waals surface area contributed by atoms with Crippen molar-refractivity contribution in [2.45, 2.75) is 6.54 Å². The number of carbonyl (C=O) groups excluding carboxylic acids is 4. The van der Waals surface area contributed by atoms with Crippen LogP contribution in [-0.2, 0) is 20.9 Å². The molecule has 1 aliphatic rings. The van der Waals surface area contributed by atoms with Gasteiger partial charge >= 0.3 is 0 Å². The Balaban J connectivity index is 1.53. The maximum atomic E-state index is 13.3. The molecule has 0 aliphatic carbocycles. The highest BCUT2D eigenvalue weighted by molar-refractivity contribution is 6.52. The zero-order chi connectivity index (χ0) is 24.9. The molecule has 8 nitrogen and oxygen atoms in total. The molecule has 1 N–H and O–H groups in total. The number of benzene rings is 3. The molecule has 4 rings (SSSR count). The first kappa shape index (κ1) is 24.0. The Morgan fingerprint density at radius 2 is 1.66 bits per heavy atom. The Labute approximate surface area is 207 Å². The normalized spacial score (nSPS) is 12.3. The summed E-state index contributed by atoms with van der Waals surface area (Å²) in [6.07, 6.45) is 0. The van der Waals surface area contributed by atoms with Crippen molar-refractivity contribution in [3.8, 4) is 5.75 Å². The van der Waals surface area contributed by atoms with Gasteiger partial charge in [0, 0.05) is 17.3 Å². The Hall–Kier alpha value is -4.17. The van der Waals surface area contributed by atoms with Gasteiger partial charge in [0.15, 0.2) is 0 Å². The first-order chi connectivity index (χ1) is 16.9. The number of carbonyl (C=O) groups is 4. The van der Waals surface area contributed by atoms with E-state index in [1.54, 1.807) is 79.9 Å². The molecule has 0 atom stereocenters. The third-order valence-electron chi connectivity index (χ3n) is 5.55. The van der Waals surface area contributed by atoms with Crippen molar-refractivity contribution in [1.29, 1.82) is 0 Å². The zero-order valence-electron chi connectivity index (χ0n) is 18.9. The highest BCUT2D eigenvalue weighted by Gasteiger charge is 2.37. The predicted octanol–water partition coefficient (Wildman–Crippen LogP) is 3.55. The Morgan fingerprint density at radius 1 is 0.971 bits per heavy atom. The van der Waals surface area contributed by atoms with E-state index < -0.39 is 23.5 Å². The molecule has 3 aromatic rings. The molecule has 0 saturated carbocycles. The van der Waals surface area contributed by atoms with Gasteiger partial charge in [-0.15, -0.1) is 0 Å². The number of nitrogens with one attached hydrogen (secondary N) is 1. The summed E-state index contributed by atoms with van der Waals surface area (Å²) in [4.78, 5) is 53.4. The monoisotopic (exact) mass is 491 g/mol. The van der Waals surface area contributed by atoms with Gasteiger partial charge < -0.3 is 15.0 Å². The first-order valence-corrected chi connectivity index (χ1v) is 11.2. The molecule has 9 heteroatoms. The summed E-state index contributed by atoms with van der Waals surface area (Å²) in [5.41, 5.74) is 1.80. The average molecular weight is 492 g/mol. The van der Waals surface area contributed by atoms with Crippen molar-refractivity contribution in [3.63, 3.8) is 0 Å². The largest absolute Gasteiger partial charge is 0.497 e. The van der Waals surface area contributed by atoms with Crippen LogP contribution >= 0.6 is 11.6 Å². The Morgan fingerprint density at radius 3 is 2.37 bits per heavy atom. The van der Waals surface area contributed by atoms with E-state index in [0.717, 1.165) is 4.90 Å². The molecule has 0 fully saturated rings. The number of rotatable bonds is 8. The minimum absolute atomic E-state index is 0.0478. The summed E-state index contributed by atoms with van der Waals surface area (Å²) in [6, 6.07) is 20.3. The molecule has 0 spiro atoms. The van der Waals surface area contributed by atoms with Gasteiger partial charge in [0.25, 0.3) is 11.7 Å². The summed E-state index contributed by atoms with van der Waals surface area (Å²) in [5, 5.41) is 3.19. The number of hydrogen-bond acceptors (Lipinski definition) is 5. The molecule has 0 aromatic heterocycles. The first-order valence-electron chi connectivity index (χ1n) is 10.8. The van der Waals surface area contributed by atoms with Gasteiger partial charge in [0.2, 0.25) is 11.8 Å². The summed E-state index contributed by atoms with van der Waals surface area (Å²) in [5.74, 6) is -1.74. The molecule has 0 bridgehead atoms. The molecule has 35 heavy (non-hydrogen) atoms. The van der Waals surface area contributed by atoms with Crippen molar-refractivity contribution in [3.05, 3.63) is 88.9 Å². The zero-order valence-corrected chi connectivity index (χ0v) is 19.6. The molecule has 1 heterocycles. The smallest absolute Gasteiger partial charge is 0.299 e. The molecule has 3 aromatic carbocycles. The van der Waals surface area contributed by atoms with Crippen LogP contribution < -0.4 is 15.0 Å². The van der Waals surface area contributed by atoms with Crippen LogP contribution in [0.3, 0.4) is 0 Å². The second-order valence-electron chi connectivity index (χ2n) is 7.86. The Kier molecular flexibility index (Phi) is 7.12. The minimum Gasteiger partial charge on any atom is -0.497 e. The molecule has 3 amide bonds. The molecular formula is C26H22ClN3O5. The van der Waals surface area contributed by atoms with E-state index in [1.807, 2.05) is 0 Å². The number of ketones is 1. The molecule has 0 unspecified atom stereocenters. The van der Waals surface area contributed by atoms with E-state index >= 15 is 0 Å². The van der Waals surface area contributed by atoms with Crippen molar-refractivity contribution in [2.24, 2.45) is 0 Å². The molecule has 178 valence electrons. The van der Waals surface area contributed by atoms with E-state index in [9.17, 15) is 19.2 Å². The van der Waals surface area contributed by atoms with Gasteiger partial charge in [0.1, 0.15) is 18.8 Å². The fraction of sp³-hybridized carbons (Fsp3) is 0.154. The lowest BCUT2D eigenvalue weighted by Crippen LogP contribution is -2.45. The van der Waals surface area contributed by atoms with E-state index in [4.69, 9.17) is 16.3 Å². The maximum Gasteiger partial charge on any atom is 0.299 e. The third kappa shape index (κ3) is 5.33. The van der Waals surface area contributed by atoms with Crippen LogP contribution in [0.1, 0.15) is 15.9 Å². The summed E-state index contributed by atoms with van der Waals surface area (Å²) >= 11 is 6.29. The number of fused-ring (bicyclic) bond motifs is 1. The van der Waals surface area contributed by atoms with Crippen LogP contribution in [0.15, 0.2) is 72.8 Å². The lowest BCUT2D eigenvalue weighted by molar-refractivity contribution is -0.134. The van der Waals surface area contributed by atoms with E-state index in [0.29, 0.717) is 27.7 Å². The minimum atomic E-state index is -0.778. The molecule has 0 saturated heterocycles. The SMILES string of the molecule is COc1ccc(NC(=O)CN(Cc2ccccc2Cl)C(=O)CN2C(=O)C(=O)c3ccccc32)cc1. The fourth-order valence-electron chi connectivity index (χ4n) is 3.75. The summed E-state index contributed by atoms with van der Waals surface area (Å²) in [6.45, 7) is -0.623. The van der Waals surface area contributed by atoms with Crippen molar-refractivity contribution in [1.82, 2.24) is 4.90 Å². The van der Waals surface area contributed by atoms with Gasteiger partial charge in [0.05, 0.1) is 18.4 Å². The number of hydrogen-bond donors (Lipinski definition) is 1. The van der Waals surface area contributed by atoms with Crippen LogP contribution in [0.5, 0.6) is 5.75 Å². The van der Waals surface area contributed by atoms with Crippen molar-refractivity contribution in [2.75, 3.05) is 30.4 Å². The number of amides is 3. The number of nitrogens with zero attached hydrogens (tertiary/aromatic N) is 2. The second kappa shape index (κ2) is 10.4. The second-order valence-corrected chi connectivity index (χ2v) is 8.26. The number of para-hydroxylation sites is 1.